The molecule has 2 fully saturated rings. The quantitative estimate of drug-likeness (QED) is 0.579. The number of hydrogen-bond acceptors (Lipinski definition) is 3. The van der Waals surface area contributed by atoms with Crippen molar-refractivity contribution in [1.29, 1.82) is 0 Å². The lowest BCUT2D eigenvalue weighted by Crippen LogP contribution is -2.39. The Bertz CT molecular complexity index is 662. The Balaban J connectivity index is 1.80. The van der Waals surface area contributed by atoms with Crippen LogP contribution in [0.3, 0.4) is 0 Å². The van der Waals surface area contributed by atoms with E-state index in [0.717, 1.165) is 4.47 Å². The zero-order valence-corrected chi connectivity index (χ0v) is 13.3. The molecular formula is C16H14BrNO3. The fourth-order valence-electron chi connectivity index (χ4n) is 3.88. The second-order valence-corrected chi connectivity index (χ2v) is 7.16. The molecule has 0 aliphatic carbocycles. The van der Waals surface area contributed by atoms with E-state index in [2.05, 4.69) is 15.9 Å². The molecule has 2 saturated heterocycles. The van der Waals surface area contributed by atoms with Gasteiger partial charge in [-0.1, -0.05) is 28.1 Å². The molecule has 4 atom stereocenters. The number of carbonyl (C=O) groups excluding carboxylic acids is 2. The monoisotopic (exact) mass is 347 g/mol. The van der Waals surface area contributed by atoms with Gasteiger partial charge < -0.3 is 4.74 Å². The van der Waals surface area contributed by atoms with Crippen LogP contribution in [0.1, 0.15) is 13.8 Å². The number of halogens is 1. The van der Waals surface area contributed by atoms with E-state index in [1.807, 2.05) is 38.1 Å². The molecule has 3 heterocycles. The van der Waals surface area contributed by atoms with E-state index in [0.29, 0.717) is 5.69 Å². The third-order valence-corrected chi connectivity index (χ3v) is 5.34. The predicted octanol–water partition coefficient (Wildman–Crippen LogP) is 2.67. The van der Waals surface area contributed by atoms with Crippen molar-refractivity contribution in [3.05, 3.63) is 40.9 Å². The molecule has 0 spiro atoms. The molecular weight excluding hydrogens is 334 g/mol. The van der Waals surface area contributed by atoms with Crippen molar-refractivity contribution in [3.8, 4) is 0 Å². The summed E-state index contributed by atoms with van der Waals surface area (Å²) in [6.07, 6.45) is 3.84. The van der Waals surface area contributed by atoms with Crippen molar-refractivity contribution >= 4 is 33.4 Å². The molecule has 1 aromatic carbocycles. The number of rotatable bonds is 1. The van der Waals surface area contributed by atoms with Crippen LogP contribution in [0.2, 0.25) is 0 Å². The minimum Gasteiger partial charge on any atom is -0.359 e. The lowest BCUT2D eigenvalue weighted by molar-refractivity contribution is -0.128. The highest BCUT2D eigenvalue weighted by atomic mass is 79.9. The van der Waals surface area contributed by atoms with Gasteiger partial charge in [-0.2, -0.15) is 0 Å². The maximum Gasteiger partial charge on any atom is 0.241 e. The normalized spacial score (nSPS) is 40.2. The van der Waals surface area contributed by atoms with E-state index >= 15 is 0 Å². The van der Waals surface area contributed by atoms with E-state index in [-0.39, 0.29) is 11.8 Å². The molecule has 5 heteroatoms. The number of hydrogen-bond donors (Lipinski definition) is 0. The van der Waals surface area contributed by atoms with Gasteiger partial charge in [-0.25, -0.2) is 4.90 Å². The first-order chi connectivity index (χ1) is 9.86. The first kappa shape index (κ1) is 13.2. The topological polar surface area (TPSA) is 46.6 Å². The van der Waals surface area contributed by atoms with E-state index in [9.17, 15) is 9.59 Å². The summed E-state index contributed by atoms with van der Waals surface area (Å²) in [5.74, 6) is -1.18. The standard InChI is InChI=1S/C16H14BrNO3/c1-15-7-8-16(2,21-15)12-11(15)13(19)18(14(12)20)10-5-3-9(17)4-6-10/h3-8,11-12H,1-2H3/t11-,12+,15-,16-/m0/s1. The molecule has 2 amide bonds. The van der Waals surface area contributed by atoms with Gasteiger partial charge in [0.05, 0.1) is 28.7 Å². The first-order valence-electron chi connectivity index (χ1n) is 6.90. The van der Waals surface area contributed by atoms with Crippen LogP contribution in [0.25, 0.3) is 0 Å². The molecule has 108 valence electrons. The summed E-state index contributed by atoms with van der Waals surface area (Å²) in [5.41, 5.74) is -0.721. The highest BCUT2D eigenvalue weighted by Gasteiger charge is 2.70. The van der Waals surface area contributed by atoms with Crippen LogP contribution >= 0.6 is 15.9 Å². The highest BCUT2D eigenvalue weighted by Crippen LogP contribution is 2.57. The lowest BCUT2D eigenvalue weighted by Gasteiger charge is -2.25. The van der Waals surface area contributed by atoms with Crippen LogP contribution < -0.4 is 4.90 Å². The van der Waals surface area contributed by atoms with Gasteiger partial charge in [-0.05, 0) is 38.1 Å². The van der Waals surface area contributed by atoms with Crippen molar-refractivity contribution in [1.82, 2.24) is 0 Å². The number of imide groups is 1. The molecule has 4 nitrogen and oxygen atoms in total. The molecule has 0 N–H and O–H groups in total. The van der Waals surface area contributed by atoms with Gasteiger partial charge >= 0.3 is 0 Å². The molecule has 3 aliphatic heterocycles. The third kappa shape index (κ3) is 1.53. The largest absolute Gasteiger partial charge is 0.359 e. The van der Waals surface area contributed by atoms with Crippen LogP contribution in [-0.2, 0) is 14.3 Å². The number of amides is 2. The summed E-state index contributed by atoms with van der Waals surface area (Å²) in [6.45, 7) is 3.77. The smallest absolute Gasteiger partial charge is 0.241 e. The predicted molar refractivity (Wildman–Crippen MR) is 80.7 cm³/mol. The molecule has 4 rings (SSSR count). The molecule has 3 aliphatic rings. The minimum atomic E-state index is -0.670. The Morgan fingerprint density at radius 2 is 1.48 bits per heavy atom. The van der Waals surface area contributed by atoms with Gasteiger partial charge in [0.2, 0.25) is 11.8 Å². The molecule has 2 bridgehead atoms. The number of benzene rings is 1. The van der Waals surface area contributed by atoms with Gasteiger partial charge in [0.25, 0.3) is 0 Å². The number of fused-ring (bicyclic) bond motifs is 5. The third-order valence-electron chi connectivity index (χ3n) is 4.81. The molecule has 1 aromatic rings. The Labute approximate surface area is 130 Å². The van der Waals surface area contributed by atoms with E-state index in [1.165, 1.54) is 4.90 Å². The maximum absolute atomic E-state index is 12.8. The second kappa shape index (κ2) is 3.84. The van der Waals surface area contributed by atoms with Crippen molar-refractivity contribution in [2.75, 3.05) is 4.90 Å². The van der Waals surface area contributed by atoms with Crippen LogP contribution in [0, 0.1) is 11.8 Å². The summed E-state index contributed by atoms with van der Waals surface area (Å²) < 4.78 is 6.88. The van der Waals surface area contributed by atoms with Crippen LogP contribution in [0.5, 0.6) is 0 Å². The SMILES string of the molecule is C[C@@]12C=C[C@](C)(O1)[C@H]1C(=O)N(c3ccc(Br)cc3)C(=O)[C@H]12. The highest BCUT2D eigenvalue weighted by molar-refractivity contribution is 9.10. The second-order valence-electron chi connectivity index (χ2n) is 6.25. The average molecular weight is 348 g/mol. The summed E-state index contributed by atoms with van der Waals surface area (Å²) >= 11 is 3.36. The van der Waals surface area contributed by atoms with Gasteiger partial charge in [0.1, 0.15) is 0 Å². The summed E-state index contributed by atoms with van der Waals surface area (Å²) in [6, 6.07) is 7.22. The van der Waals surface area contributed by atoms with Crippen LogP contribution in [-0.4, -0.2) is 23.0 Å². The fraction of sp³-hybridized carbons (Fsp3) is 0.375. The van der Waals surface area contributed by atoms with Crippen molar-refractivity contribution in [3.63, 3.8) is 0 Å². The van der Waals surface area contributed by atoms with Crippen molar-refractivity contribution in [2.24, 2.45) is 11.8 Å². The number of nitrogens with zero attached hydrogens (tertiary/aromatic N) is 1. The summed E-state index contributed by atoms with van der Waals surface area (Å²) in [4.78, 5) is 26.9. The van der Waals surface area contributed by atoms with Crippen LogP contribution in [0.4, 0.5) is 5.69 Å². The lowest BCUT2D eigenvalue weighted by atomic mass is 9.73. The zero-order valence-electron chi connectivity index (χ0n) is 11.7. The Morgan fingerprint density at radius 3 is 1.95 bits per heavy atom. The zero-order chi connectivity index (χ0) is 15.0. The molecule has 21 heavy (non-hydrogen) atoms. The van der Waals surface area contributed by atoms with E-state index < -0.39 is 23.0 Å². The molecule has 0 unspecified atom stereocenters. The van der Waals surface area contributed by atoms with Crippen LogP contribution in [0.15, 0.2) is 40.9 Å². The van der Waals surface area contributed by atoms with Gasteiger partial charge in [-0.3, -0.25) is 9.59 Å². The van der Waals surface area contributed by atoms with Crippen molar-refractivity contribution in [2.45, 2.75) is 25.0 Å². The fourth-order valence-corrected chi connectivity index (χ4v) is 4.14. The maximum atomic E-state index is 12.8. The number of anilines is 1. The van der Waals surface area contributed by atoms with Gasteiger partial charge in [-0.15, -0.1) is 0 Å². The molecule has 0 saturated carbocycles. The van der Waals surface area contributed by atoms with Crippen molar-refractivity contribution < 1.29 is 14.3 Å². The van der Waals surface area contributed by atoms with Gasteiger partial charge in [0, 0.05) is 4.47 Å². The number of ether oxygens (including phenoxy) is 1. The summed E-state index contributed by atoms with van der Waals surface area (Å²) in [7, 11) is 0. The van der Waals surface area contributed by atoms with E-state index in [4.69, 9.17) is 4.74 Å². The molecule has 0 aromatic heterocycles. The first-order valence-corrected chi connectivity index (χ1v) is 7.69. The average Bonchev–Trinajstić information content (AvgIpc) is 2.97. The summed E-state index contributed by atoms with van der Waals surface area (Å²) in [5, 5.41) is 0. The number of carbonyl (C=O) groups is 2. The van der Waals surface area contributed by atoms with E-state index in [1.54, 1.807) is 12.1 Å². The Hall–Kier alpha value is -1.46. The Kier molecular flexibility index (Phi) is 2.42. The minimum absolute atomic E-state index is 0.164. The molecule has 0 radical (unpaired) electrons. The Morgan fingerprint density at radius 1 is 1.00 bits per heavy atom. The van der Waals surface area contributed by atoms with Gasteiger partial charge in [0.15, 0.2) is 0 Å².